The maximum atomic E-state index is 13.5. The number of rotatable bonds is 6. The third-order valence-corrected chi connectivity index (χ3v) is 3.42. The van der Waals surface area contributed by atoms with Gasteiger partial charge in [0.1, 0.15) is 0 Å². The third-order valence-electron chi connectivity index (χ3n) is 3.42. The average molecular weight is 379 g/mol. The molecule has 0 spiro atoms. The van der Waals surface area contributed by atoms with Gasteiger partial charge in [0.25, 0.3) is 11.8 Å². The van der Waals surface area contributed by atoms with Crippen LogP contribution in [-0.2, 0) is 4.79 Å². The number of benzene rings is 2. The molecular formula is C18H16F3N3O3. The Kier molecular flexibility index (Phi) is 6.53. The van der Waals surface area contributed by atoms with Crippen molar-refractivity contribution in [2.45, 2.75) is 6.92 Å². The first-order valence-electron chi connectivity index (χ1n) is 7.87. The van der Waals surface area contributed by atoms with Crippen LogP contribution in [0.25, 0.3) is 0 Å². The Morgan fingerprint density at radius 1 is 0.889 bits per heavy atom. The highest BCUT2D eigenvalue weighted by atomic mass is 19.2. The summed E-state index contributed by atoms with van der Waals surface area (Å²) < 4.78 is 39.5. The normalized spacial score (nSPS) is 10.2. The number of carbonyl (C=O) groups is 3. The van der Waals surface area contributed by atoms with Gasteiger partial charge in [-0.2, -0.15) is 0 Å². The Hall–Kier alpha value is -3.36. The first kappa shape index (κ1) is 20.0. The molecule has 0 aliphatic rings. The number of hydrogen-bond acceptors (Lipinski definition) is 3. The van der Waals surface area contributed by atoms with Crippen molar-refractivity contribution in [3.8, 4) is 0 Å². The standard InChI is InChI=1S/C18H16F3N3O3/c1-10(25)24-12-4-2-3-11(9-12)17(26)22-7-8-23-18(27)13-5-6-14(19)16(21)15(13)20/h2-6,9H,7-8H2,1H3,(H,22,26)(H,23,27)(H,24,25). The number of nitrogens with one attached hydrogen (secondary N) is 3. The topological polar surface area (TPSA) is 87.3 Å². The van der Waals surface area contributed by atoms with Crippen molar-refractivity contribution in [2.75, 3.05) is 18.4 Å². The van der Waals surface area contributed by atoms with Gasteiger partial charge < -0.3 is 16.0 Å². The summed E-state index contributed by atoms with van der Waals surface area (Å²) in [6, 6.07) is 7.71. The fraction of sp³-hybridized carbons (Fsp3) is 0.167. The molecule has 9 heteroatoms. The van der Waals surface area contributed by atoms with Gasteiger partial charge in [0, 0.05) is 31.3 Å². The molecule has 142 valence electrons. The molecule has 2 aromatic rings. The van der Waals surface area contributed by atoms with Gasteiger partial charge in [-0.15, -0.1) is 0 Å². The lowest BCUT2D eigenvalue weighted by atomic mass is 10.2. The van der Waals surface area contributed by atoms with Gasteiger partial charge in [0.15, 0.2) is 17.5 Å². The van der Waals surface area contributed by atoms with E-state index >= 15 is 0 Å². The van der Waals surface area contributed by atoms with Crippen LogP contribution in [0, 0.1) is 17.5 Å². The molecule has 0 saturated heterocycles. The zero-order chi connectivity index (χ0) is 20.0. The smallest absolute Gasteiger partial charge is 0.254 e. The lowest BCUT2D eigenvalue weighted by Gasteiger charge is -2.09. The van der Waals surface area contributed by atoms with E-state index in [0.717, 1.165) is 6.07 Å². The van der Waals surface area contributed by atoms with Gasteiger partial charge >= 0.3 is 0 Å². The maximum Gasteiger partial charge on any atom is 0.254 e. The largest absolute Gasteiger partial charge is 0.350 e. The van der Waals surface area contributed by atoms with Crippen LogP contribution in [0.3, 0.4) is 0 Å². The van der Waals surface area contributed by atoms with E-state index in [9.17, 15) is 27.6 Å². The lowest BCUT2D eigenvalue weighted by molar-refractivity contribution is -0.114. The second-order valence-corrected chi connectivity index (χ2v) is 5.50. The molecule has 0 aliphatic heterocycles. The minimum atomic E-state index is -1.73. The Labute approximate surface area is 152 Å². The monoisotopic (exact) mass is 379 g/mol. The summed E-state index contributed by atoms with van der Waals surface area (Å²) in [6.45, 7) is 1.29. The highest BCUT2D eigenvalue weighted by Crippen LogP contribution is 2.15. The lowest BCUT2D eigenvalue weighted by Crippen LogP contribution is -2.35. The van der Waals surface area contributed by atoms with E-state index in [0.29, 0.717) is 17.3 Å². The van der Waals surface area contributed by atoms with Gasteiger partial charge in [-0.25, -0.2) is 13.2 Å². The zero-order valence-electron chi connectivity index (χ0n) is 14.2. The van der Waals surface area contributed by atoms with Gasteiger partial charge in [0.05, 0.1) is 5.56 Å². The van der Waals surface area contributed by atoms with Crippen LogP contribution in [0.5, 0.6) is 0 Å². The molecular weight excluding hydrogens is 363 g/mol. The van der Waals surface area contributed by atoms with E-state index in [1.807, 2.05) is 0 Å². The summed E-state index contributed by atoms with van der Waals surface area (Å²) in [4.78, 5) is 34.9. The van der Waals surface area contributed by atoms with Crippen molar-refractivity contribution in [1.29, 1.82) is 0 Å². The molecule has 3 N–H and O–H groups in total. The summed E-state index contributed by atoms with van der Waals surface area (Å²) in [5.74, 6) is -6.36. The molecule has 0 atom stereocenters. The molecule has 2 rings (SSSR count). The average Bonchev–Trinajstić information content (AvgIpc) is 2.62. The fourth-order valence-electron chi connectivity index (χ4n) is 2.19. The van der Waals surface area contributed by atoms with Crippen molar-refractivity contribution < 1.29 is 27.6 Å². The molecule has 3 amide bonds. The van der Waals surface area contributed by atoms with E-state index in [1.54, 1.807) is 12.1 Å². The molecule has 0 radical (unpaired) electrons. The van der Waals surface area contributed by atoms with Crippen molar-refractivity contribution in [2.24, 2.45) is 0 Å². The SMILES string of the molecule is CC(=O)Nc1cccc(C(=O)NCCNC(=O)c2ccc(F)c(F)c2F)c1. The van der Waals surface area contributed by atoms with E-state index < -0.39 is 34.8 Å². The van der Waals surface area contributed by atoms with E-state index in [-0.39, 0.29) is 19.0 Å². The van der Waals surface area contributed by atoms with Gasteiger partial charge in [0.2, 0.25) is 5.91 Å². The minimum Gasteiger partial charge on any atom is -0.350 e. The van der Waals surface area contributed by atoms with Gasteiger partial charge in [-0.1, -0.05) is 6.07 Å². The fourth-order valence-corrected chi connectivity index (χ4v) is 2.19. The molecule has 2 aromatic carbocycles. The van der Waals surface area contributed by atoms with Crippen LogP contribution in [0.2, 0.25) is 0 Å². The Morgan fingerprint density at radius 2 is 1.56 bits per heavy atom. The molecule has 0 heterocycles. The van der Waals surface area contributed by atoms with Crippen LogP contribution < -0.4 is 16.0 Å². The summed E-state index contributed by atoms with van der Waals surface area (Å²) >= 11 is 0. The number of halogens is 3. The maximum absolute atomic E-state index is 13.5. The van der Waals surface area contributed by atoms with Crippen LogP contribution >= 0.6 is 0 Å². The van der Waals surface area contributed by atoms with Crippen LogP contribution in [-0.4, -0.2) is 30.8 Å². The van der Waals surface area contributed by atoms with Crippen LogP contribution in [0.1, 0.15) is 27.6 Å². The number of anilines is 1. The second kappa shape index (κ2) is 8.84. The quantitative estimate of drug-likeness (QED) is 0.531. The summed E-state index contributed by atoms with van der Waals surface area (Å²) in [6.07, 6.45) is 0. The highest BCUT2D eigenvalue weighted by Gasteiger charge is 2.18. The Balaban J connectivity index is 1.86. The number of carbonyl (C=O) groups excluding carboxylic acids is 3. The summed E-state index contributed by atoms with van der Waals surface area (Å²) in [5.41, 5.74) is 0.111. The number of amides is 3. The van der Waals surface area contributed by atoms with Gasteiger partial charge in [-0.3, -0.25) is 14.4 Å². The third kappa shape index (κ3) is 5.30. The molecule has 0 aliphatic carbocycles. The van der Waals surface area contributed by atoms with Crippen molar-refractivity contribution >= 4 is 23.4 Å². The van der Waals surface area contributed by atoms with Crippen molar-refractivity contribution in [1.82, 2.24) is 10.6 Å². The summed E-state index contributed by atoms with van der Waals surface area (Å²) in [5, 5.41) is 7.36. The molecule has 0 bridgehead atoms. The minimum absolute atomic E-state index is 0.0141. The first-order valence-corrected chi connectivity index (χ1v) is 7.87. The van der Waals surface area contributed by atoms with Crippen molar-refractivity contribution in [3.05, 3.63) is 65.0 Å². The predicted octanol–water partition coefficient (Wildman–Crippen LogP) is 2.22. The van der Waals surface area contributed by atoms with E-state index in [1.165, 1.54) is 19.1 Å². The molecule has 0 unspecified atom stereocenters. The molecule has 0 aromatic heterocycles. The number of hydrogen-bond donors (Lipinski definition) is 3. The molecule has 6 nitrogen and oxygen atoms in total. The molecule has 27 heavy (non-hydrogen) atoms. The van der Waals surface area contributed by atoms with Crippen LogP contribution in [0.15, 0.2) is 36.4 Å². The Morgan fingerprint density at radius 3 is 2.22 bits per heavy atom. The van der Waals surface area contributed by atoms with E-state index in [2.05, 4.69) is 16.0 Å². The first-order chi connectivity index (χ1) is 12.8. The second-order valence-electron chi connectivity index (χ2n) is 5.50. The van der Waals surface area contributed by atoms with E-state index in [4.69, 9.17) is 0 Å². The Bertz CT molecular complexity index is 887. The molecule has 0 saturated carbocycles. The summed E-state index contributed by atoms with van der Waals surface area (Å²) in [7, 11) is 0. The predicted molar refractivity (Wildman–Crippen MR) is 91.7 cm³/mol. The van der Waals surface area contributed by atoms with Gasteiger partial charge in [-0.05, 0) is 30.3 Å². The molecule has 0 fully saturated rings. The zero-order valence-corrected chi connectivity index (χ0v) is 14.2. The van der Waals surface area contributed by atoms with Crippen molar-refractivity contribution in [3.63, 3.8) is 0 Å². The van der Waals surface area contributed by atoms with Crippen LogP contribution in [0.4, 0.5) is 18.9 Å². The highest BCUT2D eigenvalue weighted by molar-refractivity contribution is 5.97.